The van der Waals surface area contributed by atoms with Crippen molar-refractivity contribution in [1.29, 1.82) is 5.26 Å². The lowest BCUT2D eigenvalue weighted by atomic mass is 10.0. The van der Waals surface area contributed by atoms with E-state index in [0.717, 1.165) is 24.1 Å². The maximum atomic E-state index is 12.0. The van der Waals surface area contributed by atoms with E-state index in [1.54, 1.807) is 18.3 Å². The quantitative estimate of drug-likeness (QED) is 0.872. The Labute approximate surface area is 122 Å². The van der Waals surface area contributed by atoms with E-state index in [0.29, 0.717) is 23.5 Å². The number of anilines is 1. The van der Waals surface area contributed by atoms with Crippen LogP contribution >= 0.6 is 0 Å². The van der Waals surface area contributed by atoms with Gasteiger partial charge >= 0.3 is 0 Å². The Hall–Kier alpha value is -2.68. The van der Waals surface area contributed by atoms with Crippen LogP contribution in [0.4, 0.5) is 5.82 Å². The number of pyridine rings is 1. The molecule has 0 fully saturated rings. The van der Waals surface area contributed by atoms with Crippen LogP contribution in [0.3, 0.4) is 0 Å². The molecule has 0 aliphatic carbocycles. The fourth-order valence-corrected chi connectivity index (χ4v) is 2.27. The van der Waals surface area contributed by atoms with Crippen LogP contribution in [-0.4, -0.2) is 15.2 Å². The molecule has 0 atom stereocenters. The number of aromatic nitrogens is 3. The highest BCUT2D eigenvalue weighted by Crippen LogP contribution is 2.14. The number of nitrogens with zero attached hydrogens (tertiary/aromatic N) is 3. The van der Waals surface area contributed by atoms with Crippen LogP contribution < -0.4 is 10.9 Å². The topological polar surface area (TPSA) is 94.5 Å². The molecule has 2 heterocycles. The third-order valence-corrected chi connectivity index (χ3v) is 3.33. The van der Waals surface area contributed by atoms with Crippen LogP contribution in [0.5, 0.6) is 0 Å². The summed E-state index contributed by atoms with van der Waals surface area (Å²) < 4.78 is 0. The third-order valence-electron chi connectivity index (χ3n) is 3.33. The highest BCUT2D eigenvalue weighted by atomic mass is 16.1. The van der Waals surface area contributed by atoms with Crippen LogP contribution in [0.25, 0.3) is 0 Å². The van der Waals surface area contributed by atoms with E-state index < -0.39 is 0 Å². The van der Waals surface area contributed by atoms with E-state index in [-0.39, 0.29) is 5.56 Å². The minimum absolute atomic E-state index is 0.203. The minimum atomic E-state index is -0.203. The van der Waals surface area contributed by atoms with Gasteiger partial charge in [0.15, 0.2) is 0 Å². The van der Waals surface area contributed by atoms with Crippen molar-refractivity contribution < 1.29 is 0 Å². The summed E-state index contributed by atoms with van der Waals surface area (Å²) >= 11 is 0. The SMILES string of the molecule is CCc1n[nH]c(=O)c(CNc2ncccc2C#N)c1CC. The zero-order valence-corrected chi connectivity index (χ0v) is 12.1. The molecule has 0 bridgehead atoms. The van der Waals surface area contributed by atoms with Crippen molar-refractivity contribution in [3.05, 3.63) is 51.1 Å². The maximum Gasteiger partial charge on any atom is 0.269 e. The predicted octanol–water partition coefficient (Wildman–Crippen LogP) is 1.77. The fraction of sp³-hybridized carbons (Fsp3) is 0.333. The molecule has 0 aliphatic heterocycles. The molecule has 0 spiro atoms. The molecule has 0 saturated heterocycles. The van der Waals surface area contributed by atoms with Gasteiger partial charge in [-0.3, -0.25) is 4.79 Å². The van der Waals surface area contributed by atoms with Gasteiger partial charge in [-0.05, 0) is 30.5 Å². The first-order valence-electron chi connectivity index (χ1n) is 6.89. The van der Waals surface area contributed by atoms with E-state index in [9.17, 15) is 4.79 Å². The first-order valence-corrected chi connectivity index (χ1v) is 6.89. The van der Waals surface area contributed by atoms with Gasteiger partial charge in [-0.15, -0.1) is 0 Å². The second-order valence-corrected chi connectivity index (χ2v) is 4.53. The molecular weight excluding hydrogens is 266 g/mol. The largest absolute Gasteiger partial charge is 0.365 e. The molecule has 0 saturated carbocycles. The lowest BCUT2D eigenvalue weighted by molar-refractivity contribution is 0.826. The smallest absolute Gasteiger partial charge is 0.269 e. The number of H-pyrrole nitrogens is 1. The van der Waals surface area contributed by atoms with Gasteiger partial charge in [0.1, 0.15) is 11.9 Å². The predicted molar refractivity (Wildman–Crippen MR) is 79.9 cm³/mol. The third kappa shape index (κ3) is 3.08. The molecule has 21 heavy (non-hydrogen) atoms. The minimum Gasteiger partial charge on any atom is -0.365 e. The molecule has 2 N–H and O–H groups in total. The maximum absolute atomic E-state index is 12.0. The van der Waals surface area contributed by atoms with Crippen molar-refractivity contribution in [3.8, 4) is 6.07 Å². The van der Waals surface area contributed by atoms with Gasteiger partial charge in [-0.2, -0.15) is 10.4 Å². The summed E-state index contributed by atoms with van der Waals surface area (Å²) in [7, 11) is 0. The van der Waals surface area contributed by atoms with Crippen molar-refractivity contribution in [2.24, 2.45) is 0 Å². The van der Waals surface area contributed by atoms with Crippen molar-refractivity contribution in [1.82, 2.24) is 15.2 Å². The lowest BCUT2D eigenvalue weighted by Gasteiger charge is -2.12. The highest BCUT2D eigenvalue weighted by molar-refractivity contribution is 5.51. The molecule has 2 aromatic heterocycles. The number of hydrogen-bond acceptors (Lipinski definition) is 5. The number of aryl methyl sites for hydroxylation is 1. The molecule has 0 radical (unpaired) electrons. The number of rotatable bonds is 5. The van der Waals surface area contributed by atoms with Gasteiger partial charge in [0.05, 0.1) is 11.3 Å². The van der Waals surface area contributed by atoms with Gasteiger partial charge < -0.3 is 5.32 Å². The Kier molecular flexibility index (Phi) is 4.67. The van der Waals surface area contributed by atoms with Crippen LogP contribution in [0.1, 0.15) is 36.2 Å². The lowest BCUT2D eigenvalue weighted by Crippen LogP contribution is -2.22. The van der Waals surface area contributed by atoms with Crippen molar-refractivity contribution in [2.45, 2.75) is 33.2 Å². The number of hydrogen-bond donors (Lipinski definition) is 2. The number of nitriles is 1. The Morgan fingerprint density at radius 2 is 2.14 bits per heavy atom. The first kappa shape index (κ1) is 14.7. The standard InChI is InChI=1S/C15H17N5O/c1-3-11-12(15(21)20-19-13(11)4-2)9-18-14-10(8-16)6-5-7-17-14/h5-7H,3-4,9H2,1-2H3,(H,17,18)(H,20,21). The molecule has 6 heteroatoms. The molecule has 0 unspecified atom stereocenters. The molecule has 2 aromatic rings. The molecule has 0 aliphatic rings. The molecule has 108 valence electrons. The Bertz CT molecular complexity index is 730. The summed E-state index contributed by atoms with van der Waals surface area (Å²) in [4.78, 5) is 16.1. The molecule has 0 amide bonds. The Morgan fingerprint density at radius 3 is 2.81 bits per heavy atom. The van der Waals surface area contributed by atoms with Gasteiger partial charge in [0.2, 0.25) is 0 Å². The monoisotopic (exact) mass is 283 g/mol. The summed E-state index contributed by atoms with van der Waals surface area (Å²) in [6.07, 6.45) is 3.11. The van der Waals surface area contributed by atoms with Crippen LogP contribution in [0, 0.1) is 11.3 Å². The summed E-state index contributed by atoms with van der Waals surface area (Å²) in [6, 6.07) is 5.46. The fourth-order valence-electron chi connectivity index (χ4n) is 2.27. The van der Waals surface area contributed by atoms with Crippen molar-refractivity contribution >= 4 is 5.82 Å². The second kappa shape index (κ2) is 6.66. The summed E-state index contributed by atoms with van der Waals surface area (Å²) in [5.74, 6) is 0.483. The molecule has 0 aromatic carbocycles. The van der Waals surface area contributed by atoms with Gasteiger partial charge in [0, 0.05) is 18.3 Å². The zero-order valence-electron chi connectivity index (χ0n) is 12.1. The summed E-state index contributed by atoms with van der Waals surface area (Å²) in [6.45, 7) is 4.32. The molecule has 2 rings (SSSR count). The van der Waals surface area contributed by atoms with Gasteiger partial charge in [-0.25, -0.2) is 10.1 Å². The molecular formula is C15H17N5O. The normalized spacial score (nSPS) is 10.1. The van der Waals surface area contributed by atoms with Crippen molar-refractivity contribution in [3.63, 3.8) is 0 Å². The van der Waals surface area contributed by atoms with E-state index in [1.165, 1.54) is 0 Å². The zero-order chi connectivity index (χ0) is 15.2. The summed E-state index contributed by atoms with van der Waals surface area (Å²) in [5, 5.41) is 18.7. The number of nitrogens with one attached hydrogen (secondary N) is 2. The van der Waals surface area contributed by atoms with Crippen LogP contribution in [0.15, 0.2) is 23.1 Å². The second-order valence-electron chi connectivity index (χ2n) is 4.53. The highest BCUT2D eigenvalue weighted by Gasteiger charge is 2.12. The number of aromatic amines is 1. The van der Waals surface area contributed by atoms with Gasteiger partial charge in [-0.1, -0.05) is 13.8 Å². The van der Waals surface area contributed by atoms with Crippen LogP contribution in [0.2, 0.25) is 0 Å². The van der Waals surface area contributed by atoms with Crippen molar-refractivity contribution in [2.75, 3.05) is 5.32 Å². The van der Waals surface area contributed by atoms with E-state index >= 15 is 0 Å². The first-order chi connectivity index (χ1) is 10.2. The molecule has 6 nitrogen and oxygen atoms in total. The Balaban J connectivity index is 2.32. The van der Waals surface area contributed by atoms with E-state index in [2.05, 4.69) is 26.6 Å². The van der Waals surface area contributed by atoms with Crippen LogP contribution in [-0.2, 0) is 19.4 Å². The van der Waals surface area contributed by atoms with E-state index in [1.807, 2.05) is 13.8 Å². The average molecular weight is 283 g/mol. The van der Waals surface area contributed by atoms with Gasteiger partial charge in [0.25, 0.3) is 5.56 Å². The van der Waals surface area contributed by atoms with E-state index in [4.69, 9.17) is 5.26 Å². The Morgan fingerprint density at radius 1 is 1.33 bits per heavy atom. The average Bonchev–Trinajstić information content (AvgIpc) is 2.53. The summed E-state index contributed by atoms with van der Waals surface area (Å²) in [5.41, 5.74) is 2.76.